The second kappa shape index (κ2) is 6.26. The summed E-state index contributed by atoms with van der Waals surface area (Å²) < 4.78 is 5.51. The number of benzene rings is 1. The van der Waals surface area contributed by atoms with Crippen LogP contribution in [0.15, 0.2) is 24.3 Å². The van der Waals surface area contributed by atoms with Gasteiger partial charge in [0.25, 0.3) is 5.91 Å². The van der Waals surface area contributed by atoms with Crippen LogP contribution in [0.4, 0.5) is 0 Å². The molecule has 2 N–H and O–H groups in total. The lowest BCUT2D eigenvalue weighted by atomic mass is 9.98. The quantitative estimate of drug-likeness (QED) is 0.873. The Labute approximate surface area is 118 Å². The summed E-state index contributed by atoms with van der Waals surface area (Å²) in [4.78, 5) is 12.0. The third-order valence-electron chi connectivity index (χ3n) is 3.00. The van der Waals surface area contributed by atoms with E-state index in [4.69, 9.17) is 16.3 Å². The van der Waals surface area contributed by atoms with Crippen LogP contribution in [0.2, 0.25) is 5.02 Å². The molecule has 0 radical (unpaired) electrons. The van der Waals surface area contributed by atoms with Crippen molar-refractivity contribution in [2.24, 2.45) is 0 Å². The molecule has 0 fully saturated rings. The highest BCUT2D eigenvalue weighted by molar-refractivity contribution is 6.32. The van der Waals surface area contributed by atoms with Crippen molar-refractivity contribution in [3.05, 3.63) is 29.3 Å². The van der Waals surface area contributed by atoms with Gasteiger partial charge >= 0.3 is 0 Å². The number of aliphatic hydroxyl groups excluding tert-OH is 1. The van der Waals surface area contributed by atoms with Crippen LogP contribution in [0.25, 0.3) is 0 Å². The summed E-state index contributed by atoms with van der Waals surface area (Å²) in [5.41, 5.74) is -0.713. The molecule has 5 heteroatoms. The molecule has 0 spiro atoms. The van der Waals surface area contributed by atoms with E-state index in [0.717, 1.165) is 0 Å². The average molecular weight is 286 g/mol. The van der Waals surface area contributed by atoms with E-state index >= 15 is 0 Å². The predicted octanol–water partition coefficient (Wildman–Crippen LogP) is 2.38. The first-order valence-electron chi connectivity index (χ1n) is 6.15. The van der Waals surface area contributed by atoms with Crippen molar-refractivity contribution in [1.82, 2.24) is 5.32 Å². The molecule has 0 aromatic heterocycles. The highest BCUT2D eigenvalue weighted by Crippen LogP contribution is 2.24. The molecule has 1 rings (SSSR count). The van der Waals surface area contributed by atoms with Crippen molar-refractivity contribution in [3.63, 3.8) is 0 Å². The fourth-order valence-corrected chi connectivity index (χ4v) is 1.49. The predicted molar refractivity (Wildman–Crippen MR) is 75.4 cm³/mol. The fourth-order valence-electron chi connectivity index (χ4n) is 1.31. The van der Waals surface area contributed by atoms with Crippen molar-refractivity contribution >= 4 is 17.5 Å². The molecular weight excluding hydrogens is 266 g/mol. The summed E-state index contributed by atoms with van der Waals surface area (Å²) in [6.07, 6.45) is -1.36. The Kier molecular flexibility index (Phi) is 5.20. The number of carbonyl (C=O) groups excluding carboxylic acids is 1. The van der Waals surface area contributed by atoms with E-state index in [2.05, 4.69) is 5.32 Å². The van der Waals surface area contributed by atoms with Crippen LogP contribution in [0.5, 0.6) is 5.75 Å². The van der Waals surface area contributed by atoms with Crippen LogP contribution >= 0.6 is 11.6 Å². The van der Waals surface area contributed by atoms with Crippen LogP contribution in [0, 0.1) is 0 Å². The lowest BCUT2D eigenvalue weighted by Crippen LogP contribution is -2.54. The third kappa shape index (κ3) is 4.40. The van der Waals surface area contributed by atoms with Crippen molar-refractivity contribution in [1.29, 1.82) is 0 Å². The fraction of sp³-hybridized carbons (Fsp3) is 0.500. The average Bonchev–Trinajstić information content (AvgIpc) is 2.31. The minimum Gasteiger partial charge on any atom is -0.479 e. The van der Waals surface area contributed by atoms with E-state index in [9.17, 15) is 9.90 Å². The minimum atomic E-state index is -0.713. The molecule has 106 valence electrons. The second-order valence-corrected chi connectivity index (χ2v) is 5.48. The summed E-state index contributed by atoms with van der Waals surface area (Å²) in [5, 5.41) is 12.8. The molecule has 0 saturated carbocycles. The normalized spacial score (nSPS) is 14.6. The van der Waals surface area contributed by atoms with Crippen molar-refractivity contribution in [3.8, 4) is 5.75 Å². The van der Waals surface area contributed by atoms with Gasteiger partial charge in [0.05, 0.1) is 16.7 Å². The number of carbonyl (C=O) groups is 1. The molecule has 2 unspecified atom stereocenters. The van der Waals surface area contributed by atoms with Gasteiger partial charge in [-0.15, -0.1) is 0 Å². The summed E-state index contributed by atoms with van der Waals surface area (Å²) >= 11 is 5.96. The number of para-hydroxylation sites is 1. The molecule has 0 aliphatic carbocycles. The molecule has 1 aromatic rings. The Balaban J connectivity index is 2.66. The van der Waals surface area contributed by atoms with Crippen molar-refractivity contribution in [2.75, 3.05) is 0 Å². The summed E-state index contributed by atoms with van der Waals surface area (Å²) in [6.45, 7) is 6.76. The molecule has 19 heavy (non-hydrogen) atoms. The van der Waals surface area contributed by atoms with Gasteiger partial charge in [-0.1, -0.05) is 23.7 Å². The van der Waals surface area contributed by atoms with Gasteiger partial charge in [0.15, 0.2) is 6.10 Å². The number of amides is 1. The Morgan fingerprint density at radius 3 is 2.47 bits per heavy atom. The molecule has 2 atom stereocenters. The SMILES string of the molecule is CC(Oc1ccccc1Cl)C(=O)NC(C)(C)C(C)O. The van der Waals surface area contributed by atoms with Crippen LogP contribution < -0.4 is 10.1 Å². The number of halogens is 1. The van der Waals surface area contributed by atoms with Gasteiger partial charge in [0, 0.05) is 0 Å². The Hall–Kier alpha value is -1.26. The third-order valence-corrected chi connectivity index (χ3v) is 3.31. The number of hydrogen-bond donors (Lipinski definition) is 2. The van der Waals surface area contributed by atoms with E-state index < -0.39 is 17.7 Å². The zero-order valence-corrected chi connectivity index (χ0v) is 12.4. The van der Waals surface area contributed by atoms with E-state index in [0.29, 0.717) is 10.8 Å². The van der Waals surface area contributed by atoms with Gasteiger partial charge in [-0.2, -0.15) is 0 Å². The zero-order chi connectivity index (χ0) is 14.6. The number of ether oxygens (including phenoxy) is 1. The lowest BCUT2D eigenvalue weighted by Gasteiger charge is -2.30. The summed E-state index contributed by atoms with van der Waals surface area (Å²) in [5.74, 6) is 0.160. The van der Waals surface area contributed by atoms with Crippen molar-refractivity contribution in [2.45, 2.75) is 45.4 Å². The van der Waals surface area contributed by atoms with E-state index in [1.54, 1.807) is 52.0 Å². The van der Waals surface area contributed by atoms with Gasteiger partial charge in [-0.3, -0.25) is 4.79 Å². The topological polar surface area (TPSA) is 58.6 Å². The monoisotopic (exact) mass is 285 g/mol. The highest BCUT2D eigenvalue weighted by atomic mass is 35.5. The van der Waals surface area contributed by atoms with E-state index in [1.807, 2.05) is 0 Å². The van der Waals surface area contributed by atoms with Crippen LogP contribution in [-0.4, -0.2) is 28.8 Å². The Bertz CT molecular complexity index is 446. The molecule has 0 aliphatic heterocycles. The van der Waals surface area contributed by atoms with Gasteiger partial charge in [-0.05, 0) is 39.8 Å². The molecule has 0 heterocycles. The van der Waals surface area contributed by atoms with Gasteiger partial charge < -0.3 is 15.2 Å². The van der Waals surface area contributed by atoms with Crippen LogP contribution in [0.3, 0.4) is 0 Å². The van der Waals surface area contributed by atoms with E-state index in [-0.39, 0.29) is 5.91 Å². The number of nitrogens with one attached hydrogen (secondary N) is 1. The van der Waals surface area contributed by atoms with Crippen LogP contribution in [-0.2, 0) is 4.79 Å². The molecule has 0 bridgehead atoms. The maximum absolute atomic E-state index is 12.0. The maximum atomic E-state index is 12.0. The first-order valence-corrected chi connectivity index (χ1v) is 6.53. The van der Waals surface area contributed by atoms with Gasteiger partial charge in [0.2, 0.25) is 0 Å². The second-order valence-electron chi connectivity index (χ2n) is 5.08. The molecular formula is C14H20ClNO3. The lowest BCUT2D eigenvalue weighted by molar-refractivity contribution is -0.130. The largest absolute Gasteiger partial charge is 0.479 e. The standard InChI is InChI=1S/C14H20ClNO3/c1-9(13(18)16-14(3,4)10(2)17)19-12-8-6-5-7-11(12)15/h5-10,17H,1-4H3,(H,16,18). The summed E-state index contributed by atoms with van der Waals surface area (Å²) in [7, 11) is 0. The summed E-state index contributed by atoms with van der Waals surface area (Å²) in [6, 6.07) is 6.97. The molecule has 1 aromatic carbocycles. The first kappa shape index (κ1) is 15.8. The zero-order valence-electron chi connectivity index (χ0n) is 11.6. The molecule has 1 amide bonds. The maximum Gasteiger partial charge on any atom is 0.261 e. The molecule has 0 saturated heterocycles. The minimum absolute atomic E-state index is 0.300. The van der Waals surface area contributed by atoms with Gasteiger partial charge in [-0.25, -0.2) is 0 Å². The van der Waals surface area contributed by atoms with Crippen LogP contribution in [0.1, 0.15) is 27.7 Å². The molecule has 0 aliphatic rings. The van der Waals surface area contributed by atoms with Crippen molar-refractivity contribution < 1.29 is 14.6 Å². The van der Waals surface area contributed by atoms with Gasteiger partial charge in [0.1, 0.15) is 5.75 Å². The number of hydrogen-bond acceptors (Lipinski definition) is 3. The highest BCUT2D eigenvalue weighted by Gasteiger charge is 2.28. The number of aliphatic hydroxyl groups is 1. The molecule has 4 nitrogen and oxygen atoms in total. The van der Waals surface area contributed by atoms with E-state index in [1.165, 1.54) is 0 Å². The smallest absolute Gasteiger partial charge is 0.261 e. The Morgan fingerprint density at radius 1 is 1.37 bits per heavy atom. The Morgan fingerprint density at radius 2 is 1.95 bits per heavy atom. The first-order chi connectivity index (χ1) is 8.74. The number of rotatable bonds is 5.